The van der Waals surface area contributed by atoms with Crippen molar-refractivity contribution in [2.75, 3.05) is 0 Å². The molecule has 0 fully saturated rings. The lowest BCUT2D eigenvalue weighted by Gasteiger charge is -2.29. The fourth-order valence-electron chi connectivity index (χ4n) is 9.70. The normalized spacial score (nSPS) is 12.2. The molecule has 3 heteroatoms. The number of hydrogen-bond acceptors (Lipinski definition) is 2. The minimum atomic E-state index is -0.352. The van der Waals surface area contributed by atoms with Crippen LogP contribution < -0.4 is 9.05 Å². The number of rotatable bonds is 10. The fourth-order valence-corrected chi connectivity index (χ4v) is 10.3. The Morgan fingerprint density at radius 2 is 0.522 bits per heavy atom. The Morgan fingerprint density at radius 3 is 0.836 bits per heavy atom. The van der Waals surface area contributed by atoms with Crippen molar-refractivity contribution in [3.63, 3.8) is 0 Å². The van der Waals surface area contributed by atoms with Gasteiger partial charge in [0.1, 0.15) is 11.5 Å². The molecule has 0 amide bonds. The van der Waals surface area contributed by atoms with E-state index in [0.717, 1.165) is 56.0 Å². The van der Waals surface area contributed by atoms with Crippen LogP contribution in [0.1, 0.15) is 105 Å². The third-order valence-electron chi connectivity index (χ3n) is 12.8. The first-order valence-electron chi connectivity index (χ1n) is 23.8. The highest BCUT2D eigenvalue weighted by molar-refractivity contribution is 7.27. The summed E-state index contributed by atoms with van der Waals surface area (Å²) < 4.78 is 14.3. The summed E-state index contributed by atoms with van der Waals surface area (Å²) >= 11 is 0. The highest BCUT2D eigenvalue weighted by Gasteiger charge is 2.30. The van der Waals surface area contributed by atoms with Gasteiger partial charge in [-0.25, -0.2) is 0 Å². The van der Waals surface area contributed by atoms with Crippen LogP contribution in [-0.4, -0.2) is 0 Å². The summed E-state index contributed by atoms with van der Waals surface area (Å²) in [6.07, 6.45) is 0. The lowest BCUT2D eigenvalue weighted by atomic mass is 9.77. The second-order valence-electron chi connectivity index (χ2n) is 21.9. The zero-order chi connectivity index (χ0) is 47.7. The van der Waals surface area contributed by atoms with Gasteiger partial charge in [0.2, 0.25) is 0 Å². The summed E-state index contributed by atoms with van der Waals surface area (Å²) in [4.78, 5) is 0. The van der Waals surface area contributed by atoms with Crippen molar-refractivity contribution in [2.24, 2.45) is 0 Å². The molecule has 0 spiro atoms. The minimum absolute atomic E-state index is 0.0787. The summed E-state index contributed by atoms with van der Waals surface area (Å²) in [5.74, 6) is 1.56. The van der Waals surface area contributed by atoms with Crippen molar-refractivity contribution in [1.29, 1.82) is 0 Å². The van der Waals surface area contributed by atoms with Crippen LogP contribution in [0.5, 0.6) is 11.5 Å². The Balaban J connectivity index is 1.36. The van der Waals surface area contributed by atoms with E-state index in [9.17, 15) is 0 Å². The van der Waals surface area contributed by atoms with Crippen LogP contribution in [-0.2, 0) is 21.7 Å². The van der Waals surface area contributed by atoms with Gasteiger partial charge in [0.15, 0.2) is 0 Å². The summed E-state index contributed by atoms with van der Waals surface area (Å²) in [6.45, 7) is 27.6. The van der Waals surface area contributed by atoms with Gasteiger partial charge in [0, 0.05) is 22.3 Å². The molecular weight excluding hydrogens is 832 g/mol. The summed E-state index contributed by atoms with van der Waals surface area (Å²) in [5.41, 5.74) is 18.4. The molecule has 8 aromatic rings. The van der Waals surface area contributed by atoms with Crippen molar-refractivity contribution in [2.45, 2.75) is 105 Å². The van der Waals surface area contributed by atoms with E-state index in [1.54, 1.807) is 0 Å². The molecule has 0 aliphatic carbocycles. The van der Waals surface area contributed by atoms with Gasteiger partial charge in [0.25, 0.3) is 9.03 Å². The van der Waals surface area contributed by atoms with Gasteiger partial charge < -0.3 is 9.05 Å². The van der Waals surface area contributed by atoms with E-state index >= 15 is 0 Å². The first-order valence-corrected chi connectivity index (χ1v) is 24.6. The first kappa shape index (κ1) is 47.3. The summed E-state index contributed by atoms with van der Waals surface area (Å²) in [5, 5.41) is 0. The van der Waals surface area contributed by atoms with Crippen molar-refractivity contribution in [3.8, 4) is 78.3 Å². The SMILES string of the molecule is CC(C)(C)c1ccccc1-c1ccc(OPOc2ccc(-c3ccccc3C(C)(C)C)c(-c3ccccc3)c2-c2ccccc2C(C)(C)C)c(-c2ccccc2C(C)(C)C)c1-c1ccccc1. The average Bonchev–Trinajstić information content (AvgIpc) is 3.30. The van der Waals surface area contributed by atoms with Gasteiger partial charge in [-0.3, -0.25) is 0 Å². The molecule has 0 aliphatic heterocycles. The lowest BCUT2D eigenvalue weighted by molar-refractivity contribution is 0.517. The maximum absolute atomic E-state index is 7.13. The molecule has 0 saturated heterocycles. The van der Waals surface area contributed by atoms with Crippen LogP contribution in [0.2, 0.25) is 0 Å². The molecule has 0 atom stereocenters. The summed E-state index contributed by atoms with van der Waals surface area (Å²) in [7, 11) is -0.352. The second kappa shape index (κ2) is 18.8. The molecule has 0 radical (unpaired) electrons. The van der Waals surface area contributed by atoms with Crippen molar-refractivity contribution in [1.82, 2.24) is 0 Å². The van der Waals surface area contributed by atoms with Gasteiger partial charge in [-0.15, -0.1) is 0 Å². The van der Waals surface area contributed by atoms with Gasteiger partial charge >= 0.3 is 0 Å². The Labute approximate surface area is 403 Å². The molecule has 0 aromatic heterocycles. The standard InChI is InChI=1S/C64H67O2P/c1-61(2,3)51-35-23-19-31-45(51)47-39-41-55(59(57(47)43-27-15-13-16-28-43)49-33-21-25-37-53(49)63(7,8)9)65-67-66-56-42-40-48(46-32-20-24-36-52(46)62(4,5)6)58(44-29-17-14-18-30-44)60(56)50-34-22-26-38-54(50)64(10,11)12/h13-42,67H,1-12H3. The number of hydrogen-bond donors (Lipinski definition) is 0. The van der Waals surface area contributed by atoms with E-state index in [0.29, 0.717) is 0 Å². The van der Waals surface area contributed by atoms with Crippen LogP contribution in [0.15, 0.2) is 182 Å². The molecular formula is C64H67O2P. The van der Waals surface area contributed by atoms with Crippen molar-refractivity contribution in [3.05, 3.63) is 204 Å². The zero-order valence-corrected chi connectivity index (χ0v) is 42.6. The largest absolute Gasteiger partial charge is 0.440 e. The predicted molar refractivity (Wildman–Crippen MR) is 290 cm³/mol. The van der Waals surface area contributed by atoms with Gasteiger partial charge in [-0.05, 0) is 101 Å². The molecule has 0 N–H and O–H groups in total. The monoisotopic (exact) mass is 898 g/mol. The molecule has 0 aliphatic rings. The minimum Gasteiger partial charge on any atom is -0.440 e. The maximum atomic E-state index is 7.13. The van der Waals surface area contributed by atoms with Gasteiger partial charge in [-0.1, -0.05) is 253 Å². The zero-order valence-electron chi connectivity index (χ0n) is 41.6. The number of benzene rings is 8. The molecule has 340 valence electrons. The molecule has 0 saturated carbocycles. The quantitative estimate of drug-likeness (QED) is 0.127. The predicted octanol–water partition coefficient (Wildman–Crippen LogP) is 18.8. The lowest BCUT2D eigenvalue weighted by Crippen LogP contribution is -2.14. The molecule has 0 heterocycles. The fraction of sp³-hybridized carbons (Fsp3) is 0.250. The Morgan fingerprint density at radius 1 is 0.254 bits per heavy atom. The second-order valence-corrected chi connectivity index (χ2v) is 22.5. The third-order valence-corrected chi connectivity index (χ3v) is 13.4. The average molecular weight is 899 g/mol. The van der Waals surface area contributed by atoms with E-state index in [-0.39, 0.29) is 30.7 Å². The molecule has 2 nitrogen and oxygen atoms in total. The Bertz CT molecular complexity index is 2800. The summed E-state index contributed by atoms with van der Waals surface area (Å²) in [6, 6.07) is 65.9. The first-order chi connectivity index (χ1) is 31.8. The third kappa shape index (κ3) is 9.93. The van der Waals surface area contributed by atoms with E-state index in [1.807, 2.05) is 0 Å². The van der Waals surface area contributed by atoms with Crippen LogP contribution in [0, 0.1) is 0 Å². The highest BCUT2D eigenvalue weighted by atomic mass is 31.1. The van der Waals surface area contributed by atoms with E-state index < -0.39 is 0 Å². The molecule has 8 aromatic carbocycles. The van der Waals surface area contributed by atoms with Gasteiger partial charge in [0.05, 0.1) is 0 Å². The molecule has 0 unspecified atom stereocenters. The van der Waals surface area contributed by atoms with Crippen LogP contribution in [0.25, 0.3) is 66.8 Å². The Kier molecular flexibility index (Phi) is 13.3. The van der Waals surface area contributed by atoms with E-state index in [2.05, 4.69) is 265 Å². The molecule has 67 heavy (non-hydrogen) atoms. The topological polar surface area (TPSA) is 18.5 Å². The smallest absolute Gasteiger partial charge is 0.275 e. The molecule has 0 bridgehead atoms. The van der Waals surface area contributed by atoms with E-state index in [4.69, 9.17) is 9.05 Å². The Hall–Kier alpha value is -6.21. The van der Waals surface area contributed by atoms with Crippen LogP contribution in [0.4, 0.5) is 0 Å². The molecule has 8 rings (SSSR count). The maximum Gasteiger partial charge on any atom is 0.275 e. The van der Waals surface area contributed by atoms with Crippen LogP contribution >= 0.6 is 9.03 Å². The highest BCUT2D eigenvalue weighted by Crippen LogP contribution is 2.53. The van der Waals surface area contributed by atoms with Crippen LogP contribution in [0.3, 0.4) is 0 Å². The van der Waals surface area contributed by atoms with Crippen molar-refractivity contribution >= 4 is 9.03 Å². The van der Waals surface area contributed by atoms with Crippen molar-refractivity contribution < 1.29 is 9.05 Å². The van der Waals surface area contributed by atoms with E-state index in [1.165, 1.54) is 44.5 Å². The van der Waals surface area contributed by atoms with Gasteiger partial charge in [-0.2, -0.15) is 0 Å².